The third-order valence-electron chi connectivity index (χ3n) is 2.63. The third-order valence-corrected chi connectivity index (χ3v) is 3.30. The maximum atomic E-state index is 11.8. The molecule has 0 radical (unpaired) electrons. The van der Waals surface area contributed by atoms with Gasteiger partial charge >= 0.3 is 6.09 Å². The lowest BCUT2D eigenvalue weighted by Gasteiger charge is -2.25. The van der Waals surface area contributed by atoms with Crippen molar-refractivity contribution in [3.63, 3.8) is 0 Å². The average Bonchev–Trinajstić information content (AvgIpc) is 2.25. The molecule has 1 aromatic rings. The summed E-state index contributed by atoms with van der Waals surface area (Å²) in [6.45, 7) is 7.09. The summed E-state index contributed by atoms with van der Waals surface area (Å²) >= 11 is 2.24. The van der Waals surface area contributed by atoms with Crippen LogP contribution in [0.5, 0.6) is 0 Å². The van der Waals surface area contributed by atoms with Crippen LogP contribution in [0.2, 0.25) is 0 Å². The van der Waals surface area contributed by atoms with Gasteiger partial charge in [0.15, 0.2) is 0 Å². The SMILES string of the molecule is C[C@@H](O)[C@@H](Cc1cccc(I)c1)NC(=O)OC(C)(C)C. The van der Waals surface area contributed by atoms with Gasteiger partial charge in [0.2, 0.25) is 0 Å². The van der Waals surface area contributed by atoms with E-state index in [1.807, 2.05) is 45.0 Å². The van der Waals surface area contributed by atoms with Gasteiger partial charge in [-0.3, -0.25) is 0 Å². The van der Waals surface area contributed by atoms with Crippen molar-refractivity contribution in [2.45, 2.75) is 51.9 Å². The molecule has 0 fully saturated rings. The molecule has 0 saturated carbocycles. The molecule has 20 heavy (non-hydrogen) atoms. The molecule has 0 bridgehead atoms. The Morgan fingerprint density at radius 2 is 2.10 bits per heavy atom. The van der Waals surface area contributed by atoms with Crippen LogP contribution in [0.15, 0.2) is 24.3 Å². The topological polar surface area (TPSA) is 58.6 Å². The second-order valence-corrected chi connectivity index (χ2v) is 7.07. The molecule has 0 aliphatic heterocycles. The van der Waals surface area contributed by atoms with Crippen molar-refractivity contribution in [3.8, 4) is 0 Å². The molecule has 0 aliphatic rings. The first-order valence-corrected chi connectivity index (χ1v) is 7.67. The van der Waals surface area contributed by atoms with E-state index < -0.39 is 17.8 Å². The van der Waals surface area contributed by atoms with Crippen LogP contribution < -0.4 is 5.32 Å². The van der Waals surface area contributed by atoms with E-state index in [4.69, 9.17) is 4.74 Å². The van der Waals surface area contributed by atoms with Crippen molar-refractivity contribution in [1.82, 2.24) is 5.32 Å². The van der Waals surface area contributed by atoms with Crippen molar-refractivity contribution in [1.29, 1.82) is 0 Å². The molecule has 0 heterocycles. The molecule has 4 nitrogen and oxygen atoms in total. The monoisotopic (exact) mass is 391 g/mol. The summed E-state index contributed by atoms with van der Waals surface area (Å²) in [5.41, 5.74) is 0.522. The first-order chi connectivity index (χ1) is 9.17. The van der Waals surface area contributed by atoms with Gasteiger partial charge in [0.05, 0.1) is 12.1 Å². The van der Waals surface area contributed by atoms with Gasteiger partial charge in [-0.15, -0.1) is 0 Å². The fourth-order valence-electron chi connectivity index (χ4n) is 1.72. The lowest BCUT2D eigenvalue weighted by molar-refractivity contribution is 0.0437. The molecule has 5 heteroatoms. The zero-order valence-electron chi connectivity index (χ0n) is 12.3. The van der Waals surface area contributed by atoms with Crippen molar-refractivity contribution >= 4 is 28.7 Å². The van der Waals surface area contributed by atoms with E-state index in [2.05, 4.69) is 27.9 Å². The fraction of sp³-hybridized carbons (Fsp3) is 0.533. The number of aliphatic hydroxyl groups is 1. The van der Waals surface area contributed by atoms with Crippen LogP contribution >= 0.6 is 22.6 Å². The van der Waals surface area contributed by atoms with E-state index in [1.54, 1.807) is 6.92 Å². The summed E-state index contributed by atoms with van der Waals surface area (Å²) in [5.74, 6) is 0. The molecule has 0 unspecified atom stereocenters. The summed E-state index contributed by atoms with van der Waals surface area (Å²) in [6, 6.07) is 7.61. The summed E-state index contributed by atoms with van der Waals surface area (Å²) in [4.78, 5) is 11.8. The van der Waals surface area contributed by atoms with Gasteiger partial charge in [-0.1, -0.05) is 12.1 Å². The number of carbonyl (C=O) groups is 1. The van der Waals surface area contributed by atoms with Crippen molar-refractivity contribution in [2.75, 3.05) is 0 Å². The number of aliphatic hydroxyl groups excluding tert-OH is 1. The summed E-state index contributed by atoms with van der Waals surface area (Å²) < 4.78 is 6.34. The lowest BCUT2D eigenvalue weighted by atomic mass is 10.0. The Morgan fingerprint density at radius 3 is 2.60 bits per heavy atom. The van der Waals surface area contributed by atoms with Crippen LogP contribution in [0.1, 0.15) is 33.3 Å². The smallest absolute Gasteiger partial charge is 0.407 e. The van der Waals surface area contributed by atoms with Gasteiger partial charge in [0.25, 0.3) is 0 Å². The highest BCUT2D eigenvalue weighted by molar-refractivity contribution is 14.1. The molecule has 2 N–H and O–H groups in total. The minimum atomic E-state index is -0.652. The molecule has 1 aromatic carbocycles. The number of amides is 1. The van der Waals surface area contributed by atoms with E-state index in [1.165, 1.54) is 0 Å². The van der Waals surface area contributed by atoms with Crippen molar-refractivity contribution < 1.29 is 14.6 Å². The van der Waals surface area contributed by atoms with E-state index in [-0.39, 0.29) is 6.04 Å². The normalized spacial score (nSPS) is 14.5. The van der Waals surface area contributed by atoms with Gasteiger partial charge < -0.3 is 15.2 Å². The molecule has 0 spiro atoms. The number of ether oxygens (including phenoxy) is 1. The predicted molar refractivity (Wildman–Crippen MR) is 87.7 cm³/mol. The molecule has 1 amide bonds. The maximum absolute atomic E-state index is 11.8. The highest BCUT2D eigenvalue weighted by Gasteiger charge is 2.22. The number of hydrogen-bond acceptors (Lipinski definition) is 3. The Hall–Kier alpha value is -0.820. The number of hydrogen-bond donors (Lipinski definition) is 2. The van der Waals surface area contributed by atoms with Crippen LogP contribution in [0.3, 0.4) is 0 Å². The standard InChI is InChI=1S/C15H22INO3/c1-10(18)13(17-14(19)20-15(2,3)4)9-11-6-5-7-12(16)8-11/h5-8,10,13,18H,9H2,1-4H3,(H,17,19)/t10-,13-/m1/s1. The Kier molecular flexibility index (Phi) is 6.26. The Balaban J connectivity index is 2.68. The number of benzene rings is 1. The Morgan fingerprint density at radius 1 is 1.45 bits per heavy atom. The number of halogens is 1. The second kappa shape index (κ2) is 7.26. The number of rotatable bonds is 4. The summed E-state index contributed by atoms with van der Waals surface area (Å²) in [7, 11) is 0. The quantitative estimate of drug-likeness (QED) is 0.776. The van der Waals surface area contributed by atoms with Crippen LogP contribution in [0.25, 0.3) is 0 Å². The van der Waals surface area contributed by atoms with E-state index >= 15 is 0 Å². The molecular weight excluding hydrogens is 369 g/mol. The minimum Gasteiger partial charge on any atom is -0.444 e. The molecule has 2 atom stereocenters. The number of carbonyl (C=O) groups excluding carboxylic acids is 1. The highest BCUT2D eigenvalue weighted by atomic mass is 127. The molecular formula is C15H22INO3. The maximum Gasteiger partial charge on any atom is 0.407 e. The number of alkyl carbamates (subject to hydrolysis) is 1. The van der Waals surface area contributed by atoms with Gasteiger partial charge in [0.1, 0.15) is 5.60 Å². The average molecular weight is 391 g/mol. The predicted octanol–water partition coefficient (Wildman–Crippen LogP) is 3.11. The molecule has 0 aliphatic carbocycles. The lowest BCUT2D eigenvalue weighted by Crippen LogP contribution is -2.45. The molecule has 1 rings (SSSR count). The molecule has 112 valence electrons. The van der Waals surface area contributed by atoms with Crippen LogP contribution in [0.4, 0.5) is 4.79 Å². The molecule has 0 saturated heterocycles. The third kappa shape index (κ3) is 6.56. The fourth-order valence-corrected chi connectivity index (χ4v) is 2.33. The van der Waals surface area contributed by atoms with E-state index in [0.29, 0.717) is 6.42 Å². The zero-order chi connectivity index (χ0) is 15.3. The Bertz CT molecular complexity index is 455. The minimum absolute atomic E-state index is 0.372. The molecule has 0 aromatic heterocycles. The van der Waals surface area contributed by atoms with Crippen molar-refractivity contribution in [2.24, 2.45) is 0 Å². The van der Waals surface area contributed by atoms with Gasteiger partial charge in [0, 0.05) is 3.57 Å². The van der Waals surface area contributed by atoms with Crippen molar-refractivity contribution in [3.05, 3.63) is 33.4 Å². The van der Waals surface area contributed by atoms with Crippen LogP contribution in [0, 0.1) is 3.57 Å². The first kappa shape index (κ1) is 17.2. The van der Waals surface area contributed by atoms with Gasteiger partial charge in [-0.25, -0.2) is 4.79 Å². The van der Waals surface area contributed by atoms with E-state index in [0.717, 1.165) is 9.13 Å². The summed E-state index contributed by atoms with van der Waals surface area (Å²) in [6.07, 6.45) is -0.595. The van der Waals surface area contributed by atoms with Crippen LogP contribution in [-0.2, 0) is 11.2 Å². The summed E-state index contributed by atoms with van der Waals surface area (Å²) in [5, 5.41) is 12.5. The second-order valence-electron chi connectivity index (χ2n) is 5.83. The van der Waals surface area contributed by atoms with Gasteiger partial charge in [-0.05, 0) is 74.4 Å². The van der Waals surface area contributed by atoms with Crippen LogP contribution in [-0.4, -0.2) is 28.9 Å². The largest absolute Gasteiger partial charge is 0.444 e. The van der Waals surface area contributed by atoms with Gasteiger partial charge in [-0.2, -0.15) is 0 Å². The highest BCUT2D eigenvalue weighted by Crippen LogP contribution is 2.12. The van der Waals surface area contributed by atoms with E-state index in [9.17, 15) is 9.90 Å². The Labute approximate surface area is 134 Å². The number of nitrogens with one attached hydrogen (secondary N) is 1. The first-order valence-electron chi connectivity index (χ1n) is 6.59. The zero-order valence-corrected chi connectivity index (χ0v) is 14.5.